The summed E-state index contributed by atoms with van der Waals surface area (Å²) in [6, 6.07) is 4.25. The van der Waals surface area contributed by atoms with E-state index in [1.807, 2.05) is 0 Å². The van der Waals surface area contributed by atoms with Crippen LogP contribution in [0.3, 0.4) is 0 Å². The molecule has 81 valence electrons. The molecule has 0 fully saturated rings. The van der Waals surface area contributed by atoms with E-state index in [0.717, 1.165) is 0 Å². The maximum absolute atomic E-state index is 10.6. The van der Waals surface area contributed by atoms with Crippen molar-refractivity contribution in [2.75, 3.05) is 5.73 Å². The smallest absolute Gasteiger partial charge is 0.468 e. The molecule has 0 amide bonds. The average Bonchev–Trinajstić information content (AvgIpc) is 1.95. The molecular formula is C8H11NO4PY-. The normalized spacial score (nSPS) is 10.7. The maximum Gasteiger partial charge on any atom is 0.512 e. The van der Waals surface area contributed by atoms with Gasteiger partial charge >= 0.3 is 7.82 Å². The summed E-state index contributed by atoms with van der Waals surface area (Å²) < 4.78 is 15.1. The third kappa shape index (κ3) is 4.62. The fraction of sp³-hybridized carbons (Fsp3) is 0.250. The average molecular weight is 305 g/mol. The number of phosphoric acid groups is 1. The zero-order valence-electron chi connectivity index (χ0n) is 8.39. The minimum atomic E-state index is -4.52. The van der Waals surface area contributed by atoms with Crippen molar-refractivity contribution in [1.29, 1.82) is 0 Å². The molecule has 7 heteroatoms. The zero-order chi connectivity index (χ0) is 10.9. The van der Waals surface area contributed by atoms with Crippen LogP contribution in [0.1, 0.15) is 11.1 Å². The van der Waals surface area contributed by atoms with Gasteiger partial charge in [-0.15, -0.1) is 17.2 Å². The number of anilines is 1. The van der Waals surface area contributed by atoms with Crippen LogP contribution in [0.5, 0.6) is 5.75 Å². The Labute approximate surface area is 113 Å². The molecule has 0 atom stereocenters. The van der Waals surface area contributed by atoms with E-state index in [0.29, 0.717) is 16.8 Å². The number of nitrogens with two attached hydrogens (primary N) is 1. The predicted molar refractivity (Wildman–Crippen MR) is 51.8 cm³/mol. The zero-order valence-corrected chi connectivity index (χ0v) is 12.1. The first-order valence-electron chi connectivity index (χ1n) is 3.84. The second kappa shape index (κ2) is 5.42. The fourth-order valence-corrected chi connectivity index (χ4v) is 1.68. The number of hydrogen-bond donors (Lipinski definition) is 3. The SMILES string of the molecule is Cc1[c-]c(N)cc(C)c1OP(=O)(O)O.[Y]. The van der Waals surface area contributed by atoms with Crippen molar-refractivity contribution in [1.82, 2.24) is 0 Å². The van der Waals surface area contributed by atoms with Crippen LogP contribution in [-0.2, 0) is 37.3 Å². The maximum atomic E-state index is 10.6. The first kappa shape index (κ1) is 15.1. The summed E-state index contributed by atoms with van der Waals surface area (Å²) >= 11 is 0. The van der Waals surface area contributed by atoms with E-state index < -0.39 is 7.82 Å². The van der Waals surface area contributed by atoms with Gasteiger partial charge in [0.25, 0.3) is 0 Å². The van der Waals surface area contributed by atoms with Gasteiger partial charge in [-0.2, -0.15) is 6.07 Å². The van der Waals surface area contributed by atoms with Gasteiger partial charge in [-0.05, 0) is 0 Å². The van der Waals surface area contributed by atoms with E-state index >= 15 is 0 Å². The van der Waals surface area contributed by atoms with Gasteiger partial charge in [0.05, 0.1) is 0 Å². The van der Waals surface area contributed by atoms with Crippen LogP contribution in [0, 0.1) is 19.9 Å². The second-order valence-corrected chi connectivity index (χ2v) is 4.11. The monoisotopic (exact) mass is 305 g/mol. The molecule has 0 bridgehead atoms. The summed E-state index contributed by atoms with van der Waals surface area (Å²) in [6.45, 7) is 3.27. The molecule has 0 saturated carbocycles. The Morgan fingerprint density at radius 3 is 2.40 bits per heavy atom. The van der Waals surface area contributed by atoms with Gasteiger partial charge in [0.1, 0.15) is 0 Å². The molecule has 0 aliphatic carbocycles. The number of hydrogen-bond acceptors (Lipinski definition) is 3. The van der Waals surface area contributed by atoms with Crippen LogP contribution in [0.4, 0.5) is 5.69 Å². The summed E-state index contributed by atoms with van der Waals surface area (Å²) in [5.41, 5.74) is 6.95. The van der Waals surface area contributed by atoms with Gasteiger partial charge in [-0.25, -0.2) is 4.57 Å². The van der Waals surface area contributed by atoms with E-state index in [1.165, 1.54) is 6.07 Å². The predicted octanol–water partition coefficient (Wildman–Crippen LogP) is 1.15. The molecular weight excluding hydrogens is 294 g/mol. The Morgan fingerprint density at radius 2 is 2.00 bits per heavy atom. The molecule has 1 aromatic rings. The summed E-state index contributed by atoms with van der Waals surface area (Å²) in [4.78, 5) is 17.3. The molecule has 1 rings (SSSR count). The van der Waals surface area contributed by atoms with E-state index in [9.17, 15) is 4.57 Å². The molecule has 0 spiro atoms. The van der Waals surface area contributed by atoms with E-state index in [-0.39, 0.29) is 38.5 Å². The largest absolute Gasteiger partial charge is 0.512 e. The van der Waals surface area contributed by atoms with Crippen LogP contribution in [0.15, 0.2) is 6.07 Å². The minimum absolute atomic E-state index is 0. The van der Waals surface area contributed by atoms with E-state index in [1.54, 1.807) is 13.8 Å². The minimum Gasteiger partial charge on any atom is -0.468 e. The third-order valence-electron chi connectivity index (χ3n) is 1.61. The number of nitrogen functional groups attached to an aromatic ring is 1. The summed E-state index contributed by atoms with van der Waals surface area (Å²) in [5.74, 6) is 0.132. The van der Waals surface area contributed by atoms with E-state index in [2.05, 4.69) is 10.6 Å². The van der Waals surface area contributed by atoms with Gasteiger partial charge in [-0.1, -0.05) is 19.5 Å². The second-order valence-electron chi connectivity index (χ2n) is 2.94. The number of rotatable bonds is 2. The summed E-state index contributed by atoms with van der Waals surface area (Å²) in [7, 11) is -4.52. The molecule has 0 unspecified atom stereocenters. The van der Waals surface area contributed by atoms with Crippen molar-refractivity contribution >= 4 is 13.5 Å². The van der Waals surface area contributed by atoms with Crippen LogP contribution < -0.4 is 10.3 Å². The van der Waals surface area contributed by atoms with Crippen molar-refractivity contribution in [2.24, 2.45) is 0 Å². The van der Waals surface area contributed by atoms with Crippen LogP contribution in [0.2, 0.25) is 0 Å². The fourth-order valence-electron chi connectivity index (χ4n) is 1.16. The Hall–Kier alpha value is 0.0739. The summed E-state index contributed by atoms with van der Waals surface area (Å²) in [6.07, 6.45) is 0. The molecule has 0 saturated heterocycles. The molecule has 15 heavy (non-hydrogen) atoms. The topological polar surface area (TPSA) is 92.8 Å². The van der Waals surface area contributed by atoms with Crippen molar-refractivity contribution in [3.05, 3.63) is 23.3 Å². The Morgan fingerprint density at radius 1 is 1.47 bits per heavy atom. The standard InChI is InChI=1S/C8H11NO4P.Y/c1-5-3-7(9)4-6(2)8(5)13-14(10,11)12;/h3H,9H2,1-2H3,(H2,10,11,12);/q-1;. The number of phosphoric ester groups is 1. The summed E-state index contributed by atoms with van der Waals surface area (Å²) in [5, 5.41) is 0. The van der Waals surface area contributed by atoms with Gasteiger partial charge in [0.2, 0.25) is 0 Å². The Bertz CT molecular complexity index is 381. The number of aryl methyl sites for hydroxylation is 2. The van der Waals surface area contributed by atoms with E-state index in [4.69, 9.17) is 15.5 Å². The van der Waals surface area contributed by atoms with Crippen LogP contribution >= 0.6 is 7.82 Å². The number of benzene rings is 1. The first-order valence-corrected chi connectivity index (χ1v) is 5.37. The van der Waals surface area contributed by atoms with Crippen molar-refractivity contribution < 1.29 is 51.6 Å². The molecule has 1 radical (unpaired) electrons. The molecule has 0 aliphatic heterocycles. The molecule has 4 N–H and O–H groups in total. The Balaban J connectivity index is 0.00000196. The molecule has 0 aliphatic rings. The first-order chi connectivity index (χ1) is 6.29. The quantitative estimate of drug-likeness (QED) is 0.433. The molecule has 0 aromatic heterocycles. The van der Waals surface area contributed by atoms with Gasteiger partial charge < -0.3 is 10.3 Å². The van der Waals surface area contributed by atoms with Gasteiger partial charge in [-0.3, -0.25) is 9.79 Å². The van der Waals surface area contributed by atoms with Crippen LogP contribution in [0.25, 0.3) is 0 Å². The Kier molecular flexibility index (Phi) is 5.44. The molecule has 5 nitrogen and oxygen atoms in total. The molecule has 0 heterocycles. The molecule has 1 aromatic carbocycles. The van der Waals surface area contributed by atoms with Gasteiger partial charge in [0, 0.05) is 38.5 Å². The third-order valence-corrected chi connectivity index (χ3v) is 2.03. The van der Waals surface area contributed by atoms with Crippen molar-refractivity contribution in [3.8, 4) is 5.75 Å². The van der Waals surface area contributed by atoms with Gasteiger partial charge in [0.15, 0.2) is 0 Å². The van der Waals surface area contributed by atoms with Crippen LogP contribution in [-0.4, -0.2) is 9.79 Å². The van der Waals surface area contributed by atoms with Crippen molar-refractivity contribution in [3.63, 3.8) is 0 Å². The van der Waals surface area contributed by atoms with Crippen molar-refractivity contribution in [2.45, 2.75) is 13.8 Å².